The van der Waals surface area contributed by atoms with Crippen LogP contribution in [0.4, 0.5) is 14.5 Å². The Morgan fingerprint density at radius 1 is 1.09 bits per heavy atom. The molecule has 1 unspecified atom stereocenters. The van der Waals surface area contributed by atoms with Gasteiger partial charge in [-0.05, 0) is 43.3 Å². The van der Waals surface area contributed by atoms with Crippen LogP contribution in [0, 0.1) is 17.0 Å². The van der Waals surface area contributed by atoms with Crippen LogP contribution in [0.15, 0.2) is 42.5 Å². The van der Waals surface area contributed by atoms with Gasteiger partial charge in [0.25, 0.3) is 17.7 Å². The number of aldehydes is 1. The first-order chi connectivity index (χ1) is 20.5. The van der Waals surface area contributed by atoms with Gasteiger partial charge in [-0.3, -0.25) is 19.9 Å². The molecule has 14 heteroatoms. The van der Waals surface area contributed by atoms with Crippen molar-refractivity contribution in [1.82, 2.24) is 14.8 Å². The molecule has 4 N–H and O–H groups in total. The third-order valence-corrected chi connectivity index (χ3v) is 6.62. The number of nitrogens with zero attached hydrogens (tertiary/aromatic N) is 4. The monoisotopic (exact) mass is 598 g/mol. The standard InChI is InChI=1S/C29H32F2N6O6/c1-4-41-22(16-38)36-10-12-37(13-11-36)25-23(30)27(42-19-7-5-6-18(14-19)29(40)35(2)3)34-28(24(25)31)43-21-15-17(26(32)33)8-9-20(21)39/h5-9,14-16,22,39H,4,10-13H2,1-3H3,(H3,32,33). The third kappa shape index (κ3) is 6.98. The van der Waals surface area contributed by atoms with E-state index >= 15 is 8.78 Å². The molecule has 1 aliphatic heterocycles. The Kier molecular flexibility index (Phi) is 9.73. The van der Waals surface area contributed by atoms with Crippen molar-refractivity contribution in [3.8, 4) is 29.0 Å². The van der Waals surface area contributed by atoms with Crippen LogP contribution in [-0.4, -0.2) is 91.0 Å². The molecule has 12 nitrogen and oxygen atoms in total. The summed E-state index contributed by atoms with van der Waals surface area (Å²) in [7, 11) is 3.16. The highest BCUT2D eigenvalue weighted by molar-refractivity contribution is 5.95. The molecule has 0 spiro atoms. The number of nitrogens with one attached hydrogen (secondary N) is 1. The topological polar surface area (TPSA) is 155 Å². The summed E-state index contributed by atoms with van der Waals surface area (Å²) in [5, 5.41) is 18.0. The second-order valence-corrected chi connectivity index (χ2v) is 9.73. The Morgan fingerprint density at radius 2 is 1.77 bits per heavy atom. The molecule has 1 aromatic heterocycles. The molecule has 1 saturated heterocycles. The van der Waals surface area contributed by atoms with Gasteiger partial charge in [0.05, 0.1) is 0 Å². The van der Waals surface area contributed by atoms with E-state index in [9.17, 15) is 14.7 Å². The summed E-state index contributed by atoms with van der Waals surface area (Å²) in [6.07, 6.45) is -0.118. The van der Waals surface area contributed by atoms with Gasteiger partial charge in [-0.25, -0.2) is 0 Å². The Labute approximate surface area is 246 Å². The molecule has 0 aliphatic carbocycles. The van der Waals surface area contributed by atoms with E-state index in [4.69, 9.17) is 25.4 Å². The summed E-state index contributed by atoms with van der Waals surface area (Å²) in [5.74, 6) is -4.93. The largest absolute Gasteiger partial charge is 0.504 e. The first-order valence-electron chi connectivity index (χ1n) is 13.3. The smallest absolute Gasteiger partial charge is 0.261 e. The summed E-state index contributed by atoms with van der Waals surface area (Å²) in [4.78, 5) is 32.4. The fourth-order valence-electron chi connectivity index (χ4n) is 4.43. The molecule has 4 rings (SSSR count). The molecule has 2 heterocycles. The number of rotatable bonds is 11. The number of phenolic OH excluding ortho intramolecular Hbond substituents is 1. The number of piperazine rings is 1. The predicted octanol–water partition coefficient (Wildman–Crippen LogP) is 3.32. The van der Waals surface area contributed by atoms with Crippen LogP contribution in [0.3, 0.4) is 0 Å². The maximum atomic E-state index is 16.0. The number of nitrogens with two attached hydrogens (primary N) is 1. The fourth-order valence-corrected chi connectivity index (χ4v) is 4.43. The minimum Gasteiger partial charge on any atom is -0.504 e. The Morgan fingerprint density at radius 3 is 2.37 bits per heavy atom. The van der Waals surface area contributed by atoms with E-state index in [1.54, 1.807) is 32.0 Å². The van der Waals surface area contributed by atoms with Gasteiger partial charge in [-0.1, -0.05) is 6.07 Å². The van der Waals surface area contributed by atoms with Gasteiger partial charge in [0.2, 0.25) is 11.6 Å². The normalized spacial score (nSPS) is 14.2. The van der Waals surface area contributed by atoms with Gasteiger partial charge in [0, 0.05) is 58.0 Å². The minimum absolute atomic E-state index is 0.0550. The molecular weight excluding hydrogens is 566 g/mol. The van der Waals surface area contributed by atoms with E-state index in [0.717, 1.165) is 0 Å². The first kappa shape index (κ1) is 31.1. The van der Waals surface area contributed by atoms with Crippen LogP contribution < -0.4 is 20.1 Å². The van der Waals surface area contributed by atoms with Crippen molar-refractivity contribution in [1.29, 1.82) is 5.41 Å². The number of phenols is 1. The summed E-state index contributed by atoms with van der Waals surface area (Å²) >= 11 is 0. The number of halogens is 2. The van der Waals surface area contributed by atoms with Crippen molar-refractivity contribution in [3.63, 3.8) is 0 Å². The van der Waals surface area contributed by atoms with Gasteiger partial charge in [-0.15, -0.1) is 0 Å². The van der Waals surface area contributed by atoms with E-state index in [1.807, 2.05) is 0 Å². The molecule has 1 aliphatic rings. The molecular formula is C29H32F2N6O6. The molecule has 228 valence electrons. The van der Waals surface area contributed by atoms with Crippen molar-refractivity contribution in [3.05, 3.63) is 65.2 Å². The summed E-state index contributed by atoms with van der Waals surface area (Å²) < 4.78 is 48.8. The number of anilines is 1. The highest BCUT2D eigenvalue weighted by atomic mass is 19.1. The molecule has 2 aromatic carbocycles. The Hall–Kier alpha value is -4.82. The summed E-state index contributed by atoms with van der Waals surface area (Å²) in [6, 6.07) is 9.76. The molecule has 0 saturated carbocycles. The van der Waals surface area contributed by atoms with E-state index in [2.05, 4.69) is 4.98 Å². The zero-order valence-corrected chi connectivity index (χ0v) is 23.8. The number of carbonyl (C=O) groups is 2. The zero-order chi connectivity index (χ0) is 31.3. The predicted molar refractivity (Wildman–Crippen MR) is 153 cm³/mol. The second kappa shape index (κ2) is 13.4. The lowest BCUT2D eigenvalue weighted by molar-refractivity contribution is -0.131. The average Bonchev–Trinajstić information content (AvgIpc) is 2.99. The summed E-state index contributed by atoms with van der Waals surface area (Å²) in [6.45, 7) is 2.82. The molecule has 3 aromatic rings. The average molecular weight is 599 g/mol. The molecule has 1 atom stereocenters. The van der Waals surface area contributed by atoms with Crippen molar-refractivity contribution in [2.45, 2.75) is 13.2 Å². The molecule has 1 amide bonds. The quantitative estimate of drug-likeness (QED) is 0.170. The number of amidine groups is 1. The van der Waals surface area contributed by atoms with Crippen molar-refractivity contribution >= 4 is 23.7 Å². The van der Waals surface area contributed by atoms with E-state index in [-0.39, 0.29) is 60.5 Å². The van der Waals surface area contributed by atoms with Gasteiger partial charge in [-0.2, -0.15) is 13.8 Å². The zero-order valence-electron chi connectivity index (χ0n) is 23.8. The number of aromatic nitrogens is 1. The highest BCUT2D eigenvalue weighted by Crippen LogP contribution is 2.40. The molecule has 0 bridgehead atoms. The van der Waals surface area contributed by atoms with Crippen LogP contribution in [0.2, 0.25) is 0 Å². The second-order valence-electron chi connectivity index (χ2n) is 9.73. The number of aromatic hydroxyl groups is 1. The lowest BCUT2D eigenvalue weighted by Crippen LogP contribution is -2.52. The number of amides is 1. The van der Waals surface area contributed by atoms with Crippen LogP contribution >= 0.6 is 0 Å². The van der Waals surface area contributed by atoms with E-state index < -0.39 is 41.1 Å². The highest BCUT2D eigenvalue weighted by Gasteiger charge is 2.32. The molecule has 1 fully saturated rings. The van der Waals surface area contributed by atoms with Gasteiger partial charge >= 0.3 is 0 Å². The number of pyridine rings is 1. The maximum Gasteiger partial charge on any atom is 0.261 e. The van der Waals surface area contributed by atoms with Gasteiger partial charge in [0.1, 0.15) is 17.3 Å². The SMILES string of the molecule is CCOC(C=O)N1CCN(c2c(F)c(Oc3cccc(C(=O)N(C)C)c3)nc(Oc3cc(C(=N)N)ccc3O)c2F)CC1. The van der Waals surface area contributed by atoms with Crippen molar-refractivity contribution in [2.24, 2.45) is 5.73 Å². The van der Waals surface area contributed by atoms with Crippen molar-refractivity contribution < 1.29 is 37.7 Å². The number of benzene rings is 2. The van der Waals surface area contributed by atoms with Crippen molar-refractivity contribution in [2.75, 3.05) is 51.8 Å². The number of ether oxygens (including phenoxy) is 3. The van der Waals surface area contributed by atoms with Gasteiger partial charge in [0.15, 0.2) is 24.0 Å². The third-order valence-electron chi connectivity index (χ3n) is 6.62. The molecule has 43 heavy (non-hydrogen) atoms. The number of hydrogen-bond acceptors (Lipinski definition) is 10. The maximum absolute atomic E-state index is 16.0. The number of hydrogen-bond donors (Lipinski definition) is 3. The lowest BCUT2D eigenvalue weighted by atomic mass is 10.2. The van der Waals surface area contributed by atoms with E-state index in [0.29, 0.717) is 12.9 Å². The lowest BCUT2D eigenvalue weighted by Gasteiger charge is -2.38. The van der Waals surface area contributed by atoms with Gasteiger partial charge < -0.3 is 34.9 Å². The van der Waals surface area contributed by atoms with Crippen LogP contribution in [0.25, 0.3) is 0 Å². The fraction of sp³-hybridized carbons (Fsp3) is 0.310. The minimum atomic E-state index is -1.17. The number of nitrogen functional groups attached to an aromatic ring is 1. The first-order valence-corrected chi connectivity index (χ1v) is 13.3. The Bertz CT molecular complexity index is 1510. The Balaban J connectivity index is 1.75. The molecule has 0 radical (unpaired) electrons. The van der Waals surface area contributed by atoms with Crippen LogP contribution in [0.1, 0.15) is 22.8 Å². The van der Waals surface area contributed by atoms with E-state index in [1.165, 1.54) is 46.2 Å². The number of carbonyl (C=O) groups excluding carboxylic acids is 2. The van der Waals surface area contributed by atoms with Crippen LogP contribution in [0.5, 0.6) is 29.0 Å². The van der Waals surface area contributed by atoms with Crippen LogP contribution in [-0.2, 0) is 9.53 Å². The summed E-state index contributed by atoms with van der Waals surface area (Å²) in [5.41, 5.74) is 5.49.